The average Bonchev–Trinajstić information content (AvgIpc) is 3.31. The molecule has 5 nitrogen and oxygen atoms in total. The van der Waals surface area contributed by atoms with Gasteiger partial charge in [0.15, 0.2) is 5.82 Å². The monoisotopic (exact) mass is 326 g/mol. The van der Waals surface area contributed by atoms with Gasteiger partial charge in [0, 0.05) is 18.6 Å². The first-order valence-corrected chi connectivity index (χ1v) is 9.11. The number of nitrogens with zero attached hydrogens (tertiary/aromatic N) is 4. The molecule has 5 heteroatoms. The maximum atomic E-state index is 5.34. The lowest BCUT2D eigenvalue weighted by molar-refractivity contribution is 0.115. The molecule has 2 aliphatic rings. The van der Waals surface area contributed by atoms with E-state index in [9.17, 15) is 0 Å². The fraction of sp³-hybridized carbons (Fsp3) is 0.579. The predicted octanol–water partition coefficient (Wildman–Crippen LogP) is 3.01. The van der Waals surface area contributed by atoms with Gasteiger partial charge < -0.3 is 4.52 Å². The summed E-state index contributed by atoms with van der Waals surface area (Å²) in [5.41, 5.74) is 1.42. The van der Waals surface area contributed by atoms with Crippen molar-refractivity contribution >= 4 is 0 Å². The topological polar surface area (TPSA) is 45.4 Å². The van der Waals surface area contributed by atoms with E-state index in [1.165, 1.54) is 37.8 Å². The SMILES string of the molecule is Cc1noc(CN2CCC[C@@H]2[C@@H]2CCCN2Cc2ccccc2)n1. The number of benzene rings is 1. The number of hydrogen-bond acceptors (Lipinski definition) is 5. The Morgan fingerprint density at radius 3 is 2.29 bits per heavy atom. The molecule has 0 spiro atoms. The molecular weight excluding hydrogens is 300 g/mol. The van der Waals surface area contributed by atoms with E-state index < -0.39 is 0 Å². The Morgan fingerprint density at radius 2 is 1.67 bits per heavy atom. The van der Waals surface area contributed by atoms with Gasteiger partial charge >= 0.3 is 0 Å². The zero-order valence-corrected chi connectivity index (χ0v) is 14.4. The Hall–Kier alpha value is -1.72. The lowest BCUT2D eigenvalue weighted by Gasteiger charge is -2.34. The Morgan fingerprint density at radius 1 is 1.00 bits per heavy atom. The van der Waals surface area contributed by atoms with E-state index in [-0.39, 0.29) is 0 Å². The van der Waals surface area contributed by atoms with Crippen LogP contribution in [0.4, 0.5) is 0 Å². The summed E-state index contributed by atoms with van der Waals surface area (Å²) in [5, 5.41) is 3.93. The minimum atomic E-state index is 0.614. The summed E-state index contributed by atoms with van der Waals surface area (Å²) in [6, 6.07) is 12.1. The van der Waals surface area contributed by atoms with Crippen molar-refractivity contribution in [2.45, 2.75) is 57.8 Å². The molecule has 0 bridgehead atoms. The Bertz CT molecular complexity index is 656. The van der Waals surface area contributed by atoms with Crippen molar-refractivity contribution in [2.24, 2.45) is 0 Å². The van der Waals surface area contributed by atoms with E-state index in [1.807, 2.05) is 6.92 Å². The molecule has 2 saturated heterocycles. The first-order chi connectivity index (χ1) is 11.8. The lowest BCUT2D eigenvalue weighted by atomic mass is 10.0. The predicted molar refractivity (Wildman–Crippen MR) is 92.3 cm³/mol. The molecule has 4 rings (SSSR count). The van der Waals surface area contributed by atoms with Gasteiger partial charge in [0.25, 0.3) is 0 Å². The third-order valence-electron chi connectivity index (χ3n) is 5.41. The van der Waals surface area contributed by atoms with Gasteiger partial charge in [0.2, 0.25) is 5.89 Å². The van der Waals surface area contributed by atoms with Crippen LogP contribution < -0.4 is 0 Å². The largest absolute Gasteiger partial charge is 0.338 e. The van der Waals surface area contributed by atoms with Crippen LogP contribution in [0.5, 0.6) is 0 Å². The highest BCUT2D eigenvalue weighted by Crippen LogP contribution is 2.31. The van der Waals surface area contributed by atoms with Crippen LogP contribution in [0.1, 0.15) is 43.0 Å². The minimum absolute atomic E-state index is 0.614. The normalized spacial score (nSPS) is 25.5. The van der Waals surface area contributed by atoms with Gasteiger partial charge in [0.1, 0.15) is 0 Å². The van der Waals surface area contributed by atoms with Crippen molar-refractivity contribution in [1.29, 1.82) is 0 Å². The number of rotatable bonds is 5. The summed E-state index contributed by atoms with van der Waals surface area (Å²) in [4.78, 5) is 9.62. The second-order valence-electron chi connectivity index (χ2n) is 7.08. The quantitative estimate of drug-likeness (QED) is 0.845. The van der Waals surface area contributed by atoms with Crippen molar-refractivity contribution < 1.29 is 4.52 Å². The van der Waals surface area contributed by atoms with E-state index in [0.717, 1.165) is 31.3 Å². The number of hydrogen-bond donors (Lipinski definition) is 0. The maximum absolute atomic E-state index is 5.34. The Kier molecular flexibility index (Phi) is 4.63. The fourth-order valence-corrected chi connectivity index (χ4v) is 4.36. The first kappa shape index (κ1) is 15.8. The van der Waals surface area contributed by atoms with Gasteiger partial charge in [-0.3, -0.25) is 9.80 Å². The van der Waals surface area contributed by atoms with Gasteiger partial charge in [-0.15, -0.1) is 0 Å². The van der Waals surface area contributed by atoms with Crippen LogP contribution in [0.25, 0.3) is 0 Å². The smallest absolute Gasteiger partial charge is 0.240 e. The van der Waals surface area contributed by atoms with Crippen LogP contribution in [0.15, 0.2) is 34.9 Å². The van der Waals surface area contributed by atoms with Crippen LogP contribution in [0.3, 0.4) is 0 Å². The van der Waals surface area contributed by atoms with Crippen LogP contribution in [-0.2, 0) is 13.1 Å². The molecule has 2 aliphatic heterocycles. The molecule has 3 heterocycles. The van der Waals surface area contributed by atoms with E-state index in [2.05, 4.69) is 50.3 Å². The molecule has 0 unspecified atom stereocenters. The highest BCUT2D eigenvalue weighted by molar-refractivity contribution is 5.15. The first-order valence-electron chi connectivity index (χ1n) is 9.11. The molecule has 0 saturated carbocycles. The van der Waals surface area contributed by atoms with Crippen LogP contribution in [0.2, 0.25) is 0 Å². The molecule has 1 aromatic carbocycles. The molecule has 0 radical (unpaired) electrons. The summed E-state index contributed by atoms with van der Waals surface area (Å²) in [6.45, 7) is 6.09. The second kappa shape index (κ2) is 7.03. The molecule has 128 valence electrons. The van der Waals surface area contributed by atoms with Crippen LogP contribution >= 0.6 is 0 Å². The lowest BCUT2D eigenvalue weighted by Crippen LogP contribution is -2.45. The number of aromatic nitrogens is 2. The molecular formula is C19H26N4O. The van der Waals surface area contributed by atoms with E-state index in [1.54, 1.807) is 0 Å². The van der Waals surface area contributed by atoms with Gasteiger partial charge in [-0.1, -0.05) is 35.5 Å². The third kappa shape index (κ3) is 3.37. The molecule has 0 N–H and O–H groups in total. The molecule has 2 atom stereocenters. The zero-order chi connectivity index (χ0) is 16.4. The minimum Gasteiger partial charge on any atom is -0.338 e. The van der Waals surface area contributed by atoms with E-state index >= 15 is 0 Å². The summed E-state index contributed by atoms with van der Waals surface area (Å²) in [5.74, 6) is 1.49. The molecule has 24 heavy (non-hydrogen) atoms. The van der Waals surface area contributed by atoms with Crippen LogP contribution in [-0.4, -0.2) is 45.1 Å². The third-order valence-corrected chi connectivity index (χ3v) is 5.41. The molecule has 0 aliphatic carbocycles. The van der Waals surface area contributed by atoms with Crippen molar-refractivity contribution in [3.8, 4) is 0 Å². The zero-order valence-electron chi connectivity index (χ0n) is 14.4. The van der Waals surface area contributed by atoms with Gasteiger partial charge in [-0.25, -0.2) is 0 Å². The summed E-state index contributed by atoms with van der Waals surface area (Å²) >= 11 is 0. The van der Waals surface area contributed by atoms with Crippen molar-refractivity contribution in [1.82, 2.24) is 19.9 Å². The average molecular weight is 326 g/mol. The van der Waals surface area contributed by atoms with Gasteiger partial charge in [0.05, 0.1) is 6.54 Å². The van der Waals surface area contributed by atoms with E-state index in [0.29, 0.717) is 12.1 Å². The van der Waals surface area contributed by atoms with E-state index in [4.69, 9.17) is 4.52 Å². The molecule has 2 aromatic rings. The molecule has 0 amide bonds. The second-order valence-corrected chi connectivity index (χ2v) is 7.08. The number of likely N-dealkylation sites (tertiary alicyclic amines) is 2. The summed E-state index contributed by atoms with van der Waals surface area (Å²) < 4.78 is 5.34. The molecule has 1 aromatic heterocycles. The van der Waals surface area contributed by atoms with Gasteiger partial charge in [-0.05, 0) is 51.3 Å². The molecule has 2 fully saturated rings. The standard InChI is InChI=1S/C19H26N4O/c1-15-20-19(24-21-15)14-23-12-6-10-18(23)17-9-5-11-22(17)13-16-7-3-2-4-8-16/h2-4,7-8,17-18H,5-6,9-14H2,1H3/t17-,18+/m0/s1. The van der Waals surface area contributed by atoms with Crippen molar-refractivity contribution in [3.05, 3.63) is 47.6 Å². The van der Waals surface area contributed by atoms with Crippen LogP contribution in [0, 0.1) is 6.92 Å². The number of aryl methyl sites for hydroxylation is 1. The highest BCUT2D eigenvalue weighted by Gasteiger charge is 2.38. The van der Waals surface area contributed by atoms with Gasteiger partial charge in [-0.2, -0.15) is 4.98 Å². The maximum Gasteiger partial charge on any atom is 0.240 e. The van der Waals surface area contributed by atoms with Crippen molar-refractivity contribution in [2.75, 3.05) is 13.1 Å². The highest BCUT2D eigenvalue weighted by atomic mass is 16.5. The Labute approximate surface area is 143 Å². The Balaban J connectivity index is 1.44. The fourth-order valence-electron chi connectivity index (χ4n) is 4.36. The van der Waals surface area contributed by atoms with Crippen molar-refractivity contribution in [3.63, 3.8) is 0 Å². The summed E-state index contributed by atoms with van der Waals surface area (Å²) in [7, 11) is 0. The summed E-state index contributed by atoms with van der Waals surface area (Å²) in [6.07, 6.45) is 5.16.